The lowest BCUT2D eigenvalue weighted by Crippen LogP contribution is -2.35. The van der Waals surface area contributed by atoms with Crippen LogP contribution in [0.1, 0.15) is 81.5 Å². The molecule has 0 unspecified atom stereocenters. The number of nitrogens with one attached hydrogen (secondary N) is 1. The highest BCUT2D eigenvalue weighted by Crippen LogP contribution is 2.33. The van der Waals surface area contributed by atoms with Crippen LogP contribution in [0.4, 0.5) is 16.2 Å². The summed E-state index contributed by atoms with van der Waals surface area (Å²) in [5, 5.41) is 3.95. The van der Waals surface area contributed by atoms with Crippen LogP contribution in [0.15, 0.2) is 66.7 Å². The van der Waals surface area contributed by atoms with Gasteiger partial charge in [-0.3, -0.25) is 4.90 Å². The number of amides is 2. The number of halogens is 1. The van der Waals surface area contributed by atoms with Crippen LogP contribution in [-0.4, -0.2) is 6.03 Å². The summed E-state index contributed by atoms with van der Waals surface area (Å²) in [6, 6.07) is 22.1. The van der Waals surface area contributed by atoms with Crippen molar-refractivity contribution in [2.45, 2.75) is 65.8 Å². The van der Waals surface area contributed by atoms with Gasteiger partial charge in [-0.2, -0.15) is 0 Å². The van der Waals surface area contributed by atoms with Crippen LogP contribution >= 0.6 is 11.6 Å². The summed E-state index contributed by atoms with van der Waals surface area (Å²) in [5.41, 5.74) is 6.35. The van der Waals surface area contributed by atoms with Crippen LogP contribution in [0.5, 0.6) is 0 Å². The molecule has 4 heteroatoms. The third-order valence-corrected chi connectivity index (χ3v) is 6.23. The first kappa shape index (κ1) is 24.9. The quantitative estimate of drug-likeness (QED) is 0.373. The number of para-hydroxylation sites is 1. The molecule has 0 aromatic heterocycles. The summed E-state index contributed by atoms with van der Waals surface area (Å²) in [7, 11) is 0. The molecule has 0 bridgehead atoms. The summed E-state index contributed by atoms with van der Waals surface area (Å²) in [6.45, 7) is 13.4. The summed E-state index contributed by atoms with van der Waals surface area (Å²) in [6.07, 6.45) is 0. The lowest BCUT2D eigenvalue weighted by atomic mass is 9.93. The van der Waals surface area contributed by atoms with E-state index >= 15 is 0 Å². The zero-order valence-corrected chi connectivity index (χ0v) is 21.3. The molecule has 2 amide bonds. The minimum Gasteiger partial charge on any atom is -0.307 e. The van der Waals surface area contributed by atoms with Gasteiger partial charge < -0.3 is 5.32 Å². The Labute approximate surface area is 203 Å². The molecule has 174 valence electrons. The predicted molar refractivity (Wildman–Crippen MR) is 142 cm³/mol. The van der Waals surface area contributed by atoms with Gasteiger partial charge in [-0.15, -0.1) is 0 Å². The van der Waals surface area contributed by atoms with Crippen molar-refractivity contribution >= 4 is 29.0 Å². The highest BCUT2D eigenvalue weighted by molar-refractivity contribution is 6.30. The van der Waals surface area contributed by atoms with E-state index in [0.717, 1.165) is 28.1 Å². The fraction of sp³-hybridized carbons (Fsp3) is 0.345. The SMILES string of the molecule is CC(C)c1ccc(N(Cc2ccc(Cl)cc2)C(=O)Nc2c(C(C)C)cccc2C(C)C)cc1. The van der Waals surface area contributed by atoms with Gasteiger partial charge in [0.15, 0.2) is 0 Å². The number of rotatable bonds is 7. The zero-order chi connectivity index (χ0) is 24.1. The highest BCUT2D eigenvalue weighted by Gasteiger charge is 2.21. The normalized spacial score (nSPS) is 11.3. The van der Waals surface area contributed by atoms with Crippen LogP contribution in [0, 0.1) is 0 Å². The van der Waals surface area contributed by atoms with Crippen molar-refractivity contribution in [3.63, 3.8) is 0 Å². The Balaban J connectivity index is 2.00. The van der Waals surface area contributed by atoms with Gasteiger partial charge in [-0.05, 0) is 64.3 Å². The molecule has 0 atom stereocenters. The van der Waals surface area contributed by atoms with Crippen molar-refractivity contribution in [2.75, 3.05) is 10.2 Å². The number of nitrogens with zero attached hydrogens (tertiary/aromatic N) is 1. The molecule has 3 nitrogen and oxygen atoms in total. The summed E-state index contributed by atoms with van der Waals surface area (Å²) in [5.74, 6) is 1.03. The van der Waals surface area contributed by atoms with Crippen LogP contribution < -0.4 is 10.2 Å². The fourth-order valence-electron chi connectivity index (χ4n) is 3.96. The van der Waals surface area contributed by atoms with Gasteiger partial charge in [0.25, 0.3) is 0 Å². The average Bonchev–Trinajstić information content (AvgIpc) is 2.78. The maximum atomic E-state index is 13.7. The topological polar surface area (TPSA) is 32.3 Å². The molecule has 0 saturated carbocycles. The van der Waals surface area contributed by atoms with Gasteiger partial charge in [-0.25, -0.2) is 4.79 Å². The maximum absolute atomic E-state index is 13.7. The number of urea groups is 1. The van der Waals surface area contributed by atoms with E-state index < -0.39 is 0 Å². The Morgan fingerprint density at radius 1 is 0.788 bits per heavy atom. The zero-order valence-electron chi connectivity index (χ0n) is 20.5. The Morgan fingerprint density at radius 2 is 1.33 bits per heavy atom. The van der Waals surface area contributed by atoms with E-state index in [4.69, 9.17) is 11.6 Å². The van der Waals surface area contributed by atoms with E-state index in [1.165, 1.54) is 5.56 Å². The van der Waals surface area contributed by atoms with Crippen molar-refractivity contribution in [3.8, 4) is 0 Å². The molecule has 1 N–H and O–H groups in total. The molecule has 0 saturated heterocycles. The summed E-state index contributed by atoms with van der Waals surface area (Å²) >= 11 is 6.08. The van der Waals surface area contributed by atoms with E-state index in [1.807, 2.05) is 36.4 Å². The van der Waals surface area contributed by atoms with Crippen molar-refractivity contribution in [1.29, 1.82) is 0 Å². The molecule has 0 heterocycles. The molecule has 0 aliphatic heterocycles. The molecule has 0 fully saturated rings. The van der Waals surface area contributed by atoms with Gasteiger partial charge in [-0.1, -0.05) is 95.6 Å². The predicted octanol–water partition coefficient (Wildman–Crippen LogP) is 8.95. The summed E-state index contributed by atoms with van der Waals surface area (Å²) < 4.78 is 0. The van der Waals surface area contributed by atoms with Crippen LogP contribution in [-0.2, 0) is 6.54 Å². The monoisotopic (exact) mass is 462 g/mol. The number of hydrogen-bond acceptors (Lipinski definition) is 1. The third-order valence-electron chi connectivity index (χ3n) is 5.98. The molecular weight excluding hydrogens is 428 g/mol. The van der Waals surface area contributed by atoms with E-state index in [-0.39, 0.29) is 6.03 Å². The number of carbonyl (C=O) groups excluding carboxylic acids is 1. The van der Waals surface area contributed by atoms with Crippen LogP contribution in [0.25, 0.3) is 0 Å². The molecule has 0 radical (unpaired) electrons. The van der Waals surface area contributed by atoms with E-state index in [1.54, 1.807) is 4.90 Å². The molecular formula is C29H35ClN2O. The second-order valence-electron chi connectivity index (χ2n) is 9.51. The lowest BCUT2D eigenvalue weighted by molar-refractivity contribution is 0.256. The average molecular weight is 463 g/mol. The van der Waals surface area contributed by atoms with E-state index in [9.17, 15) is 4.79 Å². The first-order valence-electron chi connectivity index (χ1n) is 11.7. The van der Waals surface area contributed by atoms with Crippen molar-refractivity contribution < 1.29 is 4.79 Å². The Hall–Kier alpha value is -2.78. The Morgan fingerprint density at radius 3 is 1.82 bits per heavy atom. The first-order chi connectivity index (χ1) is 15.7. The summed E-state index contributed by atoms with van der Waals surface area (Å²) in [4.78, 5) is 15.5. The number of benzene rings is 3. The number of carbonyl (C=O) groups is 1. The molecule has 0 aliphatic carbocycles. The van der Waals surface area contributed by atoms with Crippen molar-refractivity contribution in [3.05, 3.63) is 94.0 Å². The van der Waals surface area contributed by atoms with Gasteiger partial charge in [0.2, 0.25) is 0 Å². The molecule has 3 rings (SSSR count). The molecule has 3 aromatic carbocycles. The number of anilines is 2. The largest absolute Gasteiger partial charge is 0.326 e. The smallest absolute Gasteiger partial charge is 0.307 e. The van der Waals surface area contributed by atoms with Gasteiger partial charge >= 0.3 is 6.03 Å². The second-order valence-corrected chi connectivity index (χ2v) is 9.95. The van der Waals surface area contributed by atoms with E-state index in [0.29, 0.717) is 29.3 Å². The first-order valence-corrected chi connectivity index (χ1v) is 12.1. The van der Waals surface area contributed by atoms with Gasteiger partial charge in [0.05, 0.1) is 6.54 Å². The van der Waals surface area contributed by atoms with Crippen molar-refractivity contribution in [2.24, 2.45) is 0 Å². The maximum Gasteiger partial charge on any atom is 0.326 e. The minimum atomic E-state index is -0.141. The highest BCUT2D eigenvalue weighted by atomic mass is 35.5. The Kier molecular flexibility index (Phi) is 8.20. The van der Waals surface area contributed by atoms with Crippen molar-refractivity contribution in [1.82, 2.24) is 0 Å². The second kappa shape index (κ2) is 10.9. The van der Waals surface area contributed by atoms with Gasteiger partial charge in [0.1, 0.15) is 0 Å². The third kappa shape index (κ3) is 6.17. The fourth-order valence-corrected chi connectivity index (χ4v) is 4.09. The van der Waals surface area contributed by atoms with E-state index in [2.05, 4.69) is 77.2 Å². The Bertz CT molecular complexity index is 1040. The number of hydrogen-bond donors (Lipinski definition) is 1. The standard InChI is InChI=1S/C29H35ClN2O/c1-19(2)23-12-16-25(17-13-23)32(18-22-10-14-24(30)15-11-22)29(33)31-28-26(20(3)4)8-7-9-27(28)21(5)6/h7-17,19-21H,18H2,1-6H3,(H,31,33). The molecule has 0 spiro atoms. The lowest BCUT2D eigenvalue weighted by Gasteiger charge is -2.27. The van der Waals surface area contributed by atoms with Gasteiger partial charge in [0, 0.05) is 16.4 Å². The van der Waals surface area contributed by atoms with Crippen LogP contribution in [0.2, 0.25) is 5.02 Å². The molecule has 33 heavy (non-hydrogen) atoms. The van der Waals surface area contributed by atoms with Crippen LogP contribution in [0.3, 0.4) is 0 Å². The minimum absolute atomic E-state index is 0.141. The molecule has 0 aliphatic rings. The molecule has 3 aromatic rings.